The molecule has 104 valence electrons. The maximum absolute atomic E-state index is 11.7. The molecule has 0 bridgehead atoms. The number of nitrogens with one attached hydrogen (secondary N) is 1. The Hall–Kier alpha value is -0.680. The fraction of sp³-hybridized carbons (Fsp3) is 0.846. The van der Waals surface area contributed by atoms with Gasteiger partial charge in [0.25, 0.3) is 0 Å². The summed E-state index contributed by atoms with van der Waals surface area (Å²) in [6, 6.07) is 0. The second-order valence-electron chi connectivity index (χ2n) is 5.55. The summed E-state index contributed by atoms with van der Waals surface area (Å²) in [7, 11) is 0. The normalized spacial score (nSPS) is 20.4. The number of hydrogen-bond acceptors (Lipinski definition) is 3. The Morgan fingerprint density at radius 3 is 2.78 bits per heavy atom. The number of ether oxygens (including phenoxy) is 1. The third-order valence-electron chi connectivity index (χ3n) is 3.36. The summed E-state index contributed by atoms with van der Waals surface area (Å²) in [5.41, 5.74) is 5.28. The molecule has 1 rings (SSSR count). The molecule has 1 saturated heterocycles. The second-order valence-corrected chi connectivity index (χ2v) is 5.99. The zero-order chi connectivity index (χ0) is 13.6. The second kappa shape index (κ2) is 7.04. The van der Waals surface area contributed by atoms with Crippen molar-refractivity contribution in [2.24, 2.45) is 11.1 Å². The van der Waals surface area contributed by atoms with Crippen LogP contribution in [0, 0.1) is 5.41 Å². The first-order chi connectivity index (χ1) is 8.42. The van der Waals surface area contributed by atoms with Crippen LogP contribution in [0.15, 0.2) is 0 Å². The topological polar surface area (TPSA) is 64.3 Å². The molecule has 1 heterocycles. The van der Waals surface area contributed by atoms with E-state index in [-0.39, 0.29) is 17.4 Å². The third kappa shape index (κ3) is 5.31. The molecule has 1 aliphatic heterocycles. The Morgan fingerprint density at radius 2 is 2.22 bits per heavy atom. The average molecular weight is 272 g/mol. The summed E-state index contributed by atoms with van der Waals surface area (Å²) in [5, 5.41) is 2.88. The largest absolute Gasteiger partial charge is 0.393 e. The van der Waals surface area contributed by atoms with Gasteiger partial charge in [0.1, 0.15) is 0 Å². The Kier molecular flexibility index (Phi) is 6.02. The molecule has 0 aromatic rings. The van der Waals surface area contributed by atoms with Gasteiger partial charge in [-0.25, -0.2) is 0 Å². The molecule has 5 heteroatoms. The van der Waals surface area contributed by atoms with Crippen LogP contribution in [0.2, 0.25) is 0 Å². The van der Waals surface area contributed by atoms with Gasteiger partial charge in [-0.15, -0.1) is 0 Å². The van der Waals surface area contributed by atoms with Crippen LogP contribution in [-0.2, 0) is 9.53 Å². The molecule has 0 spiro atoms. The zero-order valence-corrected chi connectivity index (χ0v) is 12.1. The van der Waals surface area contributed by atoms with E-state index in [1.165, 1.54) is 6.42 Å². The molecule has 1 atom stereocenters. The minimum atomic E-state index is -0.327. The molecule has 0 aliphatic carbocycles. The lowest BCUT2D eigenvalue weighted by Crippen LogP contribution is -2.41. The summed E-state index contributed by atoms with van der Waals surface area (Å²) in [4.78, 5) is 12.1. The van der Waals surface area contributed by atoms with Crippen molar-refractivity contribution in [2.75, 3.05) is 13.2 Å². The standard InChI is InChI=1S/C13H24N2O2S/c1-13(2,12(14)18)9-15-11(16)7-6-10-5-3-4-8-17-10/h10H,3-9H2,1-2H3,(H2,14,18)(H,15,16). The van der Waals surface area contributed by atoms with Gasteiger partial charge in [-0.3, -0.25) is 4.79 Å². The van der Waals surface area contributed by atoms with Gasteiger partial charge in [0, 0.05) is 25.0 Å². The maximum Gasteiger partial charge on any atom is 0.220 e. The summed E-state index contributed by atoms with van der Waals surface area (Å²) in [5.74, 6) is 0.0495. The van der Waals surface area contributed by atoms with Crippen molar-refractivity contribution in [3.8, 4) is 0 Å². The van der Waals surface area contributed by atoms with Crippen molar-refractivity contribution in [1.29, 1.82) is 0 Å². The van der Waals surface area contributed by atoms with Crippen LogP contribution in [0.4, 0.5) is 0 Å². The van der Waals surface area contributed by atoms with Crippen LogP contribution >= 0.6 is 12.2 Å². The number of carbonyl (C=O) groups is 1. The van der Waals surface area contributed by atoms with Gasteiger partial charge >= 0.3 is 0 Å². The molecule has 0 saturated carbocycles. The lowest BCUT2D eigenvalue weighted by molar-refractivity contribution is -0.122. The fourth-order valence-electron chi connectivity index (χ4n) is 1.82. The summed E-state index contributed by atoms with van der Waals surface area (Å²) < 4.78 is 5.59. The van der Waals surface area contributed by atoms with Crippen LogP contribution in [0.25, 0.3) is 0 Å². The SMILES string of the molecule is CC(C)(CNC(=O)CCC1CCCCO1)C(N)=S. The Bertz CT molecular complexity index is 299. The van der Waals surface area contributed by atoms with Crippen LogP contribution in [0.1, 0.15) is 46.0 Å². The first kappa shape index (κ1) is 15.4. The predicted molar refractivity (Wildman–Crippen MR) is 76.4 cm³/mol. The van der Waals surface area contributed by atoms with E-state index >= 15 is 0 Å². The van der Waals surface area contributed by atoms with E-state index in [1.54, 1.807) is 0 Å². The molecule has 1 aliphatic rings. The zero-order valence-electron chi connectivity index (χ0n) is 11.3. The maximum atomic E-state index is 11.7. The predicted octanol–water partition coefficient (Wildman–Crippen LogP) is 1.76. The monoisotopic (exact) mass is 272 g/mol. The first-order valence-electron chi connectivity index (χ1n) is 6.60. The Balaban J connectivity index is 2.19. The van der Waals surface area contributed by atoms with E-state index in [0.717, 1.165) is 25.9 Å². The fourth-order valence-corrected chi connectivity index (χ4v) is 1.89. The van der Waals surface area contributed by atoms with E-state index in [1.807, 2.05) is 13.8 Å². The van der Waals surface area contributed by atoms with Crippen LogP contribution in [0.5, 0.6) is 0 Å². The molecule has 4 nitrogen and oxygen atoms in total. The lowest BCUT2D eigenvalue weighted by atomic mass is 9.93. The molecule has 1 amide bonds. The molecule has 3 N–H and O–H groups in total. The minimum absolute atomic E-state index is 0.0495. The van der Waals surface area contributed by atoms with Gasteiger partial charge in [0.15, 0.2) is 0 Å². The number of rotatable bonds is 6. The number of hydrogen-bond donors (Lipinski definition) is 2. The Morgan fingerprint density at radius 1 is 1.50 bits per heavy atom. The van der Waals surface area contributed by atoms with Gasteiger partial charge in [0.05, 0.1) is 11.1 Å². The van der Waals surface area contributed by atoms with E-state index in [9.17, 15) is 4.79 Å². The molecule has 0 radical (unpaired) electrons. The van der Waals surface area contributed by atoms with Crippen LogP contribution in [0.3, 0.4) is 0 Å². The van der Waals surface area contributed by atoms with Gasteiger partial charge < -0.3 is 15.8 Å². The van der Waals surface area contributed by atoms with Crippen molar-refractivity contribution in [3.63, 3.8) is 0 Å². The number of nitrogens with two attached hydrogens (primary N) is 1. The Labute approximate surface area is 115 Å². The smallest absolute Gasteiger partial charge is 0.220 e. The van der Waals surface area contributed by atoms with Crippen molar-refractivity contribution in [2.45, 2.75) is 52.1 Å². The molecule has 18 heavy (non-hydrogen) atoms. The molecular formula is C13H24N2O2S. The highest BCUT2D eigenvalue weighted by Gasteiger charge is 2.22. The van der Waals surface area contributed by atoms with E-state index in [4.69, 9.17) is 22.7 Å². The van der Waals surface area contributed by atoms with Crippen LogP contribution < -0.4 is 11.1 Å². The van der Waals surface area contributed by atoms with Gasteiger partial charge in [-0.1, -0.05) is 26.1 Å². The molecule has 1 unspecified atom stereocenters. The highest BCUT2D eigenvalue weighted by Crippen LogP contribution is 2.17. The average Bonchev–Trinajstić information content (AvgIpc) is 2.35. The minimum Gasteiger partial charge on any atom is -0.393 e. The lowest BCUT2D eigenvalue weighted by Gasteiger charge is -2.24. The van der Waals surface area contributed by atoms with E-state index in [2.05, 4.69) is 5.32 Å². The summed E-state index contributed by atoms with van der Waals surface area (Å²) in [6.45, 7) is 5.19. The van der Waals surface area contributed by atoms with Crippen molar-refractivity contribution >= 4 is 23.1 Å². The van der Waals surface area contributed by atoms with Crippen molar-refractivity contribution in [3.05, 3.63) is 0 Å². The van der Waals surface area contributed by atoms with Gasteiger partial charge in [-0.05, 0) is 25.7 Å². The van der Waals surface area contributed by atoms with E-state index < -0.39 is 0 Å². The van der Waals surface area contributed by atoms with Crippen molar-refractivity contribution < 1.29 is 9.53 Å². The summed E-state index contributed by atoms with van der Waals surface area (Å²) in [6.07, 6.45) is 5.00. The van der Waals surface area contributed by atoms with Gasteiger partial charge in [-0.2, -0.15) is 0 Å². The molecule has 1 fully saturated rings. The quantitative estimate of drug-likeness (QED) is 0.723. The van der Waals surface area contributed by atoms with Crippen LogP contribution in [-0.4, -0.2) is 30.2 Å². The highest BCUT2D eigenvalue weighted by atomic mass is 32.1. The number of thiocarbonyl (C=S) groups is 1. The molecular weight excluding hydrogens is 248 g/mol. The molecule has 0 aromatic carbocycles. The first-order valence-corrected chi connectivity index (χ1v) is 7.01. The van der Waals surface area contributed by atoms with Gasteiger partial charge in [0.2, 0.25) is 5.91 Å². The van der Waals surface area contributed by atoms with Crippen molar-refractivity contribution in [1.82, 2.24) is 5.32 Å². The third-order valence-corrected chi connectivity index (χ3v) is 3.91. The molecule has 0 aromatic heterocycles. The highest BCUT2D eigenvalue weighted by molar-refractivity contribution is 7.80. The number of carbonyl (C=O) groups excluding carboxylic acids is 1. The number of amides is 1. The summed E-state index contributed by atoms with van der Waals surface area (Å²) >= 11 is 4.96. The van der Waals surface area contributed by atoms with E-state index in [0.29, 0.717) is 18.0 Å².